The van der Waals surface area contributed by atoms with Gasteiger partial charge in [-0.2, -0.15) is 0 Å². The molecule has 19 heavy (non-hydrogen) atoms. The molecule has 0 unspecified atom stereocenters. The molecular formula is C15H23N2O2+. The molecule has 4 nitrogen and oxygen atoms in total. The molecule has 1 aliphatic rings. The largest absolute Gasteiger partial charge is 0.370 e. The molecule has 0 saturated carbocycles. The van der Waals surface area contributed by atoms with Gasteiger partial charge < -0.3 is 14.1 Å². The monoisotopic (exact) mass is 263 g/mol. The number of hydrogen-bond acceptors (Lipinski definition) is 3. The summed E-state index contributed by atoms with van der Waals surface area (Å²) < 4.78 is 6.50. The van der Waals surface area contributed by atoms with E-state index in [0.717, 1.165) is 61.4 Å². The lowest BCUT2D eigenvalue weighted by Crippen LogP contribution is -2.54. The van der Waals surface area contributed by atoms with Gasteiger partial charge in [0, 0.05) is 18.3 Å². The molecule has 0 bridgehead atoms. The molecule has 0 radical (unpaired) electrons. The van der Waals surface area contributed by atoms with Crippen LogP contribution in [-0.2, 0) is 4.74 Å². The lowest BCUT2D eigenvalue weighted by atomic mass is 10.2. The molecule has 104 valence electrons. The molecule has 1 fully saturated rings. The summed E-state index contributed by atoms with van der Waals surface area (Å²) in [6, 6.07) is 7.74. The predicted octanol–water partition coefficient (Wildman–Crippen LogP) is 1.41. The molecule has 0 N–H and O–H groups in total. The summed E-state index contributed by atoms with van der Waals surface area (Å²) in [6.07, 6.45) is 0.879. The number of morpholine rings is 1. The number of anilines is 1. The van der Waals surface area contributed by atoms with Crippen molar-refractivity contribution in [2.24, 2.45) is 0 Å². The zero-order valence-corrected chi connectivity index (χ0v) is 11.8. The Morgan fingerprint density at radius 1 is 1.26 bits per heavy atom. The first kappa shape index (κ1) is 14.0. The maximum Gasteiger partial charge on any atom is 0.150 e. The van der Waals surface area contributed by atoms with Crippen LogP contribution in [0.4, 0.5) is 5.69 Å². The second-order valence-electron chi connectivity index (χ2n) is 5.53. The molecular weight excluding hydrogens is 240 g/mol. The number of carbonyl (C=O) groups excluding carboxylic acids is 1. The van der Waals surface area contributed by atoms with Crippen LogP contribution in [-0.4, -0.2) is 64.3 Å². The van der Waals surface area contributed by atoms with E-state index in [0.29, 0.717) is 0 Å². The lowest BCUT2D eigenvalue weighted by Gasteiger charge is -2.38. The average molecular weight is 263 g/mol. The van der Waals surface area contributed by atoms with E-state index in [9.17, 15) is 4.79 Å². The van der Waals surface area contributed by atoms with Crippen molar-refractivity contribution in [2.45, 2.75) is 0 Å². The number of quaternary nitrogens is 1. The van der Waals surface area contributed by atoms with E-state index in [4.69, 9.17) is 4.74 Å². The van der Waals surface area contributed by atoms with Crippen LogP contribution in [0.3, 0.4) is 0 Å². The number of hydrogen-bond donors (Lipinski definition) is 0. The minimum absolute atomic E-state index is 0.726. The Bertz CT molecular complexity index is 411. The first-order chi connectivity index (χ1) is 9.13. The van der Waals surface area contributed by atoms with Crippen molar-refractivity contribution in [3.8, 4) is 0 Å². The number of carbonyl (C=O) groups is 1. The zero-order chi connectivity index (χ0) is 13.7. The van der Waals surface area contributed by atoms with Crippen molar-refractivity contribution < 1.29 is 14.0 Å². The smallest absolute Gasteiger partial charge is 0.150 e. The highest BCUT2D eigenvalue weighted by Crippen LogP contribution is 2.14. The van der Waals surface area contributed by atoms with Crippen LogP contribution in [0.1, 0.15) is 10.4 Å². The van der Waals surface area contributed by atoms with Crippen molar-refractivity contribution in [2.75, 3.05) is 58.4 Å². The van der Waals surface area contributed by atoms with Crippen molar-refractivity contribution >= 4 is 12.0 Å². The highest BCUT2D eigenvalue weighted by Gasteiger charge is 2.25. The Morgan fingerprint density at radius 3 is 2.47 bits per heavy atom. The summed E-state index contributed by atoms with van der Waals surface area (Å²) in [6.45, 7) is 6.06. The quantitative estimate of drug-likeness (QED) is 0.594. The van der Waals surface area contributed by atoms with Gasteiger partial charge in [0.05, 0.1) is 33.4 Å². The normalized spacial score (nSPS) is 18.0. The molecule has 1 saturated heterocycles. The van der Waals surface area contributed by atoms with Crippen LogP contribution in [0, 0.1) is 0 Å². The van der Waals surface area contributed by atoms with E-state index in [1.807, 2.05) is 24.3 Å². The lowest BCUT2D eigenvalue weighted by molar-refractivity contribution is -0.915. The first-order valence-electron chi connectivity index (χ1n) is 6.81. The molecule has 0 aliphatic carbocycles. The molecule has 4 heteroatoms. The minimum Gasteiger partial charge on any atom is -0.370 e. The highest BCUT2D eigenvalue weighted by atomic mass is 16.5. The molecule has 0 spiro atoms. The van der Waals surface area contributed by atoms with Crippen LogP contribution in [0.5, 0.6) is 0 Å². The van der Waals surface area contributed by atoms with E-state index in [-0.39, 0.29) is 0 Å². The van der Waals surface area contributed by atoms with Gasteiger partial charge in [0.2, 0.25) is 0 Å². The van der Waals surface area contributed by atoms with E-state index in [1.165, 1.54) is 0 Å². The Balaban J connectivity index is 1.89. The van der Waals surface area contributed by atoms with Crippen molar-refractivity contribution in [3.05, 3.63) is 29.8 Å². The third-order valence-electron chi connectivity index (χ3n) is 4.00. The summed E-state index contributed by atoms with van der Waals surface area (Å²) in [5.41, 5.74) is 1.88. The molecule has 1 aromatic rings. The number of likely N-dealkylation sites (N-methyl/N-ethyl adjacent to an activating group) is 2. The second-order valence-corrected chi connectivity index (χ2v) is 5.53. The van der Waals surface area contributed by atoms with E-state index < -0.39 is 0 Å². The Hall–Kier alpha value is -1.39. The molecule has 0 atom stereocenters. The van der Waals surface area contributed by atoms with Crippen LogP contribution in [0.25, 0.3) is 0 Å². The number of nitrogens with zero attached hydrogens (tertiary/aromatic N) is 2. The van der Waals surface area contributed by atoms with Gasteiger partial charge in [-0.1, -0.05) is 0 Å². The highest BCUT2D eigenvalue weighted by molar-refractivity contribution is 5.75. The number of aldehydes is 1. The van der Waals surface area contributed by atoms with Gasteiger partial charge in [-0.3, -0.25) is 4.79 Å². The van der Waals surface area contributed by atoms with Crippen LogP contribution in [0.15, 0.2) is 24.3 Å². The summed E-state index contributed by atoms with van der Waals surface area (Å²) in [5.74, 6) is 0. The standard InChI is InChI=1S/C15H23N2O2/c1-16(15-5-3-14(13-18)4-6-15)7-8-17(2)9-11-19-12-10-17/h3-6,13H,7-12H2,1-2H3/q+1. The topological polar surface area (TPSA) is 29.5 Å². The average Bonchev–Trinajstić information content (AvgIpc) is 2.46. The summed E-state index contributed by atoms with van der Waals surface area (Å²) in [7, 11) is 4.40. The maximum atomic E-state index is 10.6. The second kappa shape index (κ2) is 6.17. The Morgan fingerprint density at radius 2 is 1.89 bits per heavy atom. The summed E-state index contributed by atoms with van der Waals surface area (Å²) in [5, 5.41) is 0. The summed E-state index contributed by atoms with van der Waals surface area (Å²) >= 11 is 0. The third kappa shape index (κ3) is 3.78. The van der Waals surface area contributed by atoms with Gasteiger partial charge in [0.15, 0.2) is 0 Å². The van der Waals surface area contributed by atoms with Crippen LogP contribution in [0.2, 0.25) is 0 Å². The molecule has 1 aliphatic heterocycles. The maximum absolute atomic E-state index is 10.6. The molecule has 0 amide bonds. The van der Waals surface area contributed by atoms with Gasteiger partial charge in [-0.15, -0.1) is 0 Å². The van der Waals surface area contributed by atoms with Gasteiger partial charge in [-0.25, -0.2) is 0 Å². The number of ether oxygens (including phenoxy) is 1. The molecule has 2 rings (SSSR count). The molecule has 1 heterocycles. The molecule has 1 aromatic carbocycles. The van der Waals surface area contributed by atoms with Gasteiger partial charge in [-0.05, 0) is 24.3 Å². The van der Waals surface area contributed by atoms with Crippen LogP contribution >= 0.6 is 0 Å². The fraction of sp³-hybridized carbons (Fsp3) is 0.533. The van der Waals surface area contributed by atoms with E-state index in [2.05, 4.69) is 19.0 Å². The zero-order valence-electron chi connectivity index (χ0n) is 11.8. The number of rotatable bonds is 5. The van der Waals surface area contributed by atoms with E-state index in [1.54, 1.807) is 0 Å². The fourth-order valence-electron chi connectivity index (χ4n) is 2.34. The molecule has 0 aromatic heterocycles. The van der Waals surface area contributed by atoms with Gasteiger partial charge >= 0.3 is 0 Å². The van der Waals surface area contributed by atoms with Crippen molar-refractivity contribution in [1.29, 1.82) is 0 Å². The van der Waals surface area contributed by atoms with Crippen molar-refractivity contribution in [1.82, 2.24) is 0 Å². The summed E-state index contributed by atoms with van der Waals surface area (Å²) in [4.78, 5) is 12.9. The predicted molar refractivity (Wildman–Crippen MR) is 76.7 cm³/mol. The van der Waals surface area contributed by atoms with Gasteiger partial charge in [0.25, 0.3) is 0 Å². The fourth-order valence-corrected chi connectivity index (χ4v) is 2.34. The van der Waals surface area contributed by atoms with E-state index >= 15 is 0 Å². The SMILES string of the molecule is CN(CC[N+]1(C)CCOCC1)c1ccc(C=O)cc1. The first-order valence-corrected chi connectivity index (χ1v) is 6.81. The Labute approximate surface area is 115 Å². The van der Waals surface area contributed by atoms with Crippen molar-refractivity contribution in [3.63, 3.8) is 0 Å². The third-order valence-corrected chi connectivity index (χ3v) is 4.00. The Kier molecular flexibility index (Phi) is 4.56. The van der Waals surface area contributed by atoms with Crippen LogP contribution < -0.4 is 4.90 Å². The number of benzene rings is 1. The van der Waals surface area contributed by atoms with Gasteiger partial charge in [0.1, 0.15) is 19.4 Å². The minimum atomic E-state index is 0.726.